The third-order valence-electron chi connectivity index (χ3n) is 6.00. The highest BCUT2D eigenvalue weighted by molar-refractivity contribution is 7.99. The van der Waals surface area contributed by atoms with Gasteiger partial charge in [-0.1, -0.05) is 11.6 Å². The van der Waals surface area contributed by atoms with Crippen LogP contribution in [0.4, 0.5) is 14.5 Å². The van der Waals surface area contributed by atoms with Crippen LogP contribution in [0.3, 0.4) is 0 Å². The van der Waals surface area contributed by atoms with Crippen LogP contribution in [0.15, 0.2) is 11.6 Å². The number of esters is 2. The molecular weight excluding hydrogens is 482 g/mol. The van der Waals surface area contributed by atoms with E-state index >= 15 is 0 Å². The van der Waals surface area contributed by atoms with Gasteiger partial charge in [0.2, 0.25) is 0 Å². The molecule has 3 rings (SSSR count). The number of nitrogens with zero attached hydrogens (tertiary/aromatic N) is 1. The van der Waals surface area contributed by atoms with E-state index in [0.29, 0.717) is 35.5 Å². The van der Waals surface area contributed by atoms with E-state index in [4.69, 9.17) is 14.2 Å². The highest BCUT2D eigenvalue weighted by atomic mass is 32.2. The Morgan fingerprint density at radius 2 is 2.09 bits per heavy atom. The van der Waals surface area contributed by atoms with Gasteiger partial charge in [-0.3, -0.25) is 14.5 Å². The van der Waals surface area contributed by atoms with Crippen LogP contribution in [0.5, 0.6) is 5.75 Å². The van der Waals surface area contributed by atoms with E-state index in [1.807, 2.05) is 24.8 Å². The lowest BCUT2D eigenvalue weighted by Crippen LogP contribution is -2.25. The molecule has 192 valence electrons. The second kappa shape index (κ2) is 12.3. The summed E-state index contributed by atoms with van der Waals surface area (Å²) in [7, 11) is 1.43. The van der Waals surface area contributed by atoms with Crippen LogP contribution in [-0.4, -0.2) is 67.6 Å². The van der Waals surface area contributed by atoms with Gasteiger partial charge in [-0.05, 0) is 32.3 Å². The summed E-state index contributed by atoms with van der Waals surface area (Å²) in [5, 5.41) is 2.18. The summed E-state index contributed by atoms with van der Waals surface area (Å²) in [6, 6.07) is 0. The monoisotopic (exact) mass is 512 g/mol. The number of nitrogens with one attached hydrogen (secondary N) is 1. The summed E-state index contributed by atoms with van der Waals surface area (Å²) in [6.45, 7) is 5.65. The first-order chi connectivity index (χ1) is 16.7. The molecule has 8 nitrogen and oxygen atoms in total. The van der Waals surface area contributed by atoms with Crippen molar-refractivity contribution in [3.63, 3.8) is 0 Å². The SMILES string of the molecule is COc1c(C)c2c(c(NC(=O)C(F)F)c1C/C=C(\C)CCC(=O)OCCN1CCSC1)C(=O)OC2. The molecule has 0 unspecified atom stereocenters. The maximum Gasteiger partial charge on any atom is 0.341 e. The molecule has 1 fully saturated rings. The van der Waals surface area contributed by atoms with Gasteiger partial charge < -0.3 is 19.5 Å². The predicted molar refractivity (Wildman–Crippen MR) is 128 cm³/mol. The predicted octanol–water partition coefficient (Wildman–Crippen LogP) is 3.70. The highest BCUT2D eigenvalue weighted by Gasteiger charge is 2.33. The van der Waals surface area contributed by atoms with Gasteiger partial charge in [0.1, 0.15) is 19.0 Å². The topological polar surface area (TPSA) is 94.2 Å². The van der Waals surface area contributed by atoms with E-state index < -0.39 is 18.3 Å². The maximum absolute atomic E-state index is 13.0. The summed E-state index contributed by atoms with van der Waals surface area (Å²) in [5.41, 5.74) is 2.44. The number of hydrogen-bond acceptors (Lipinski definition) is 8. The van der Waals surface area contributed by atoms with Crippen LogP contribution in [0.2, 0.25) is 0 Å². The zero-order chi connectivity index (χ0) is 25.5. The van der Waals surface area contributed by atoms with Crippen molar-refractivity contribution in [3.8, 4) is 5.75 Å². The minimum atomic E-state index is -3.25. The van der Waals surface area contributed by atoms with Crippen LogP contribution in [-0.2, 0) is 32.1 Å². The maximum atomic E-state index is 13.0. The number of methoxy groups -OCH3 is 1. The quantitative estimate of drug-likeness (QED) is 0.354. The van der Waals surface area contributed by atoms with E-state index in [1.165, 1.54) is 7.11 Å². The van der Waals surface area contributed by atoms with E-state index in [9.17, 15) is 23.2 Å². The van der Waals surface area contributed by atoms with Crippen molar-refractivity contribution >= 4 is 35.3 Å². The minimum Gasteiger partial charge on any atom is -0.496 e. The lowest BCUT2D eigenvalue weighted by molar-refractivity contribution is -0.143. The molecule has 2 heterocycles. The fourth-order valence-corrected chi connectivity index (χ4v) is 5.07. The number of anilines is 1. The highest BCUT2D eigenvalue weighted by Crippen LogP contribution is 2.41. The second-order valence-electron chi connectivity index (χ2n) is 8.36. The molecule has 35 heavy (non-hydrogen) atoms. The molecule has 0 aliphatic carbocycles. The third kappa shape index (κ3) is 6.72. The molecule has 1 amide bonds. The Balaban J connectivity index is 1.71. The molecular formula is C24H30F2N2O6S. The standard InChI is InChI=1S/C24H30F2N2O6S/c1-14(5-7-18(29)33-10-8-28-9-11-35-13-28)4-6-16-20(27-23(30)22(25)26)19-17(12-34-24(19)31)15(2)21(16)32-3/h4,22H,5-13H2,1-3H3,(H,27,30)/b14-4+. The fourth-order valence-electron chi connectivity index (χ4n) is 4.04. The number of benzene rings is 1. The molecule has 2 aliphatic rings. The first kappa shape index (κ1) is 26.9. The van der Waals surface area contributed by atoms with Gasteiger partial charge in [0.05, 0.1) is 18.4 Å². The largest absolute Gasteiger partial charge is 0.496 e. The van der Waals surface area contributed by atoms with Gasteiger partial charge in [0.15, 0.2) is 0 Å². The smallest absolute Gasteiger partial charge is 0.341 e. The van der Waals surface area contributed by atoms with Crippen molar-refractivity contribution in [2.75, 3.05) is 43.8 Å². The van der Waals surface area contributed by atoms with Gasteiger partial charge in [0.25, 0.3) is 5.91 Å². The normalized spacial score (nSPS) is 15.8. The molecule has 0 saturated carbocycles. The van der Waals surface area contributed by atoms with Crippen molar-refractivity contribution in [2.45, 2.75) is 46.1 Å². The number of halogens is 2. The van der Waals surface area contributed by atoms with Crippen LogP contribution < -0.4 is 10.1 Å². The van der Waals surface area contributed by atoms with Crippen LogP contribution in [0.1, 0.15) is 46.8 Å². The van der Waals surface area contributed by atoms with Crippen molar-refractivity contribution in [1.82, 2.24) is 4.90 Å². The third-order valence-corrected chi connectivity index (χ3v) is 7.02. The summed E-state index contributed by atoms with van der Waals surface area (Å²) in [5.74, 6) is -0.0511. The van der Waals surface area contributed by atoms with Crippen LogP contribution in [0, 0.1) is 6.92 Å². The minimum absolute atomic E-state index is 0.0260. The second-order valence-corrected chi connectivity index (χ2v) is 9.44. The average molecular weight is 513 g/mol. The summed E-state index contributed by atoms with van der Waals surface area (Å²) in [6.07, 6.45) is -0.589. The molecule has 0 radical (unpaired) electrons. The van der Waals surface area contributed by atoms with Crippen molar-refractivity contribution < 1.29 is 37.4 Å². The number of fused-ring (bicyclic) bond motifs is 1. The molecule has 1 aromatic carbocycles. The Hall–Kier alpha value is -2.66. The van der Waals surface area contributed by atoms with Crippen molar-refractivity contribution in [3.05, 3.63) is 33.9 Å². The Kier molecular flexibility index (Phi) is 9.50. The number of carbonyl (C=O) groups excluding carboxylic acids is 3. The van der Waals surface area contributed by atoms with Gasteiger partial charge in [0, 0.05) is 42.3 Å². The Labute approximate surface area is 207 Å². The van der Waals surface area contributed by atoms with E-state index in [1.54, 1.807) is 6.92 Å². The number of alkyl halides is 2. The van der Waals surface area contributed by atoms with Crippen LogP contribution >= 0.6 is 11.8 Å². The number of carbonyl (C=O) groups is 3. The molecule has 0 bridgehead atoms. The number of thioether (sulfide) groups is 1. The first-order valence-corrected chi connectivity index (χ1v) is 12.5. The number of allylic oxidation sites excluding steroid dienone is 2. The Morgan fingerprint density at radius 1 is 1.31 bits per heavy atom. The molecule has 1 aromatic rings. The zero-order valence-corrected chi connectivity index (χ0v) is 20.9. The lowest BCUT2D eigenvalue weighted by atomic mass is 9.93. The van der Waals surface area contributed by atoms with Gasteiger partial charge >= 0.3 is 18.4 Å². The first-order valence-electron chi connectivity index (χ1n) is 11.3. The number of hydrogen-bond donors (Lipinski definition) is 1. The van der Waals surface area contributed by atoms with Gasteiger partial charge in [-0.25, -0.2) is 4.79 Å². The lowest BCUT2D eigenvalue weighted by Gasteiger charge is -2.19. The number of ether oxygens (including phenoxy) is 3. The molecule has 0 atom stereocenters. The van der Waals surface area contributed by atoms with Crippen molar-refractivity contribution in [1.29, 1.82) is 0 Å². The number of rotatable bonds is 11. The van der Waals surface area contributed by atoms with E-state index in [-0.39, 0.29) is 36.7 Å². The average Bonchev–Trinajstić information content (AvgIpc) is 3.48. The molecule has 2 aliphatic heterocycles. The molecule has 11 heteroatoms. The van der Waals surface area contributed by atoms with E-state index in [0.717, 1.165) is 30.3 Å². The molecule has 1 saturated heterocycles. The summed E-state index contributed by atoms with van der Waals surface area (Å²) >= 11 is 1.86. The fraction of sp³-hybridized carbons (Fsp3) is 0.542. The summed E-state index contributed by atoms with van der Waals surface area (Å²) < 4.78 is 41.9. The van der Waals surface area contributed by atoms with Crippen LogP contribution in [0.25, 0.3) is 0 Å². The summed E-state index contributed by atoms with van der Waals surface area (Å²) in [4.78, 5) is 38.5. The Morgan fingerprint density at radius 3 is 2.74 bits per heavy atom. The van der Waals surface area contributed by atoms with Crippen molar-refractivity contribution in [2.24, 2.45) is 0 Å². The van der Waals surface area contributed by atoms with Gasteiger partial charge in [-0.2, -0.15) is 8.78 Å². The molecule has 0 aromatic heterocycles. The van der Waals surface area contributed by atoms with E-state index in [2.05, 4.69) is 10.2 Å². The number of cyclic esters (lactones) is 1. The van der Waals surface area contributed by atoms with Gasteiger partial charge in [-0.15, -0.1) is 11.8 Å². The zero-order valence-electron chi connectivity index (χ0n) is 20.1. The number of amides is 1. The molecule has 1 N–H and O–H groups in total. The molecule has 0 spiro atoms. The Bertz CT molecular complexity index is 1010.